The smallest absolute Gasteiger partial charge is 0.308 e. The lowest BCUT2D eigenvalue weighted by molar-refractivity contribution is -0.145. The van der Waals surface area contributed by atoms with Crippen LogP contribution in [0, 0.1) is 10.8 Å². The SMILES string of the molecule is CC(C)(C)C(=O)O.CCC(CC)Oc1cc(C2CC2)c2nn(CC(=O)c3cc(N4CCOCC4)c(OC)c(C(C)(C)C)c3)c(=N)n2n1. The van der Waals surface area contributed by atoms with Crippen LogP contribution in [0.25, 0.3) is 5.65 Å². The number of ketones is 1. The zero-order chi connectivity index (χ0) is 34.7. The summed E-state index contributed by atoms with van der Waals surface area (Å²) < 4.78 is 20.6. The summed E-state index contributed by atoms with van der Waals surface area (Å²) in [5, 5.41) is 26.4. The molecule has 12 nitrogen and oxygen atoms in total. The molecule has 1 aliphatic heterocycles. The van der Waals surface area contributed by atoms with Crippen molar-refractivity contribution in [3.63, 3.8) is 0 Å². The van der Waals surface area contributed by atoms with Crippen LogP contribution in [0.2, 0.25) is 0 Å². The number of Topliss-reactive ketones (excluding diaryl/α,β-unsaturated/α-hetero) is 1. The van der Waals surface area contributed by atoms with Gasteiger partial charge in [-0.25, -0.2) is 4.68 Å². The van der Waals surface area contributed by atoms with Crippen LogP contribution in [-0.2, 0) is 21.5 Å². The molecule has 3 heterocycles. The number of benzene rings is 1. The number of hydrogen-bond acceptors (Lipinski definition) is 9. The number of carbonyl (C=O) groups excluding carboxylic acids is 1. The first-order valence-electron chi connectivity index (χ1n) is 16.6. The van der Waals surface area contributed by atoms with Gasteiger partial charge in [-0.15, -0.1) is 10.2 Å². The average Bonchev–Trinajstić information content (AvgIpc) is 3.83. The van der Waals surface area contributed by atoms with Gasteiger partial charge in [0.1, 0.15) is 12.3 Å². The number of morpholine rings is 1. The van der Waals surface area contributed by atoms with Gasteiger partial charge in [-0.3, -0.25) is 15.0 Å². The van der Waals surface area contributed by atoms with E-state index in [-0.39, 0.29) is 29.5 Å². The van der Waals surface area contributed by atoms with Crippen LogP contribution in [0.5, 0.6) is 11.6 Å². The molecule has 2 aromatic heterocycles. The average molecular weight is 653 g/mol. The Hall–Kier alpha value is -3.93. The van der Waals surface area contributed by atoms with Crippen LogP contribution in [0.1, 0.15) is 108 Å². The summed E-state index contributed by atoms with van der Waals surface area (Å²) in [5.74, 6) is 0.800. The van der Waals surface area contributed by atoms with Gasteiger partial charge in [-0.1, -0.05) is 34.6 Å². The molecule has 1 aliphatic carbocycles. The summed E-state index contributed by atoms with van der Waals surface area (Å²) in [6.45, 7) is 18.2. The molecule has 0 spiro atoms. The Morgan fingerprint density at radius 2 is 1.66 bits per heavy atom. The van der Waals surface area contributed by atoms with Crippen molar-refractivity contribution in [3.05, 3.63) is 40.5 Å². The van der Waals surface area contributed by atoms with Crippen molar-refractivity contribution >= 4 is 23.1 Å². The number of ether oxygens (including phenoxy) is 3. The fourth-order valence-corrected chi connectivity index (χ4v) is 5.31. The van der Waals surface area contributed by atoms with Crippen LogP contribution in [0.15, 0.2) is 18.2 Å². The van der Waals surface area contributed by atoms with E-state index in [1.165, 1.54) is 9.20 Å². The molecule has 2 fully saturated rings. The van der Waals surface area contributed by atoms with E-state index in [9.17, 15) is 9.59 Å². The Kier molecular flexibility index (Phi) is 11.0. The minimum Gasteiger partial charge on any atom is -0.494 e. The largest absolute Gasteiger partial charge is 0.494 e. The summed E-state index contributed by atoms with van der Waals surface area (Å²) in [6, 6.07) is 5.81. The van der Waals surface area contributed by atoms with E-state index < -0.39 is 11.4 Å². The molecule has 1 aromatic carbocycles. The first kappa shape index (κ1) is 35.9. The summed E-state index contributed by atoms with van der Waals surface area (Å²) >= 11 is 0. The fourth-order valence-electron chi connectivity index (χ4n) is 5.31. The number of methoxy groups -OCH3 is 1. The van der Waals surface area contributed by atoms with E-state index in [1.807, 2.05) is 18.2 Å². The maximum atomic E-state index is 13.8. The van der Waals surface area contributed by atoms with Crippen molar-refractivity contribution in [2.45, 2.75) is 105 Å². The van der Waals surface area contributed by atoms with Gasteiger partial charge in [-0.05, 0) is 69.9 Å². The van der Waals surface area contributed by atoms with Gasteiger partial charge >= 0.3 is 5.97 Å². The number of anilines is 1. The van der Waals surface area contributed by atoms with Gasteiger partial charge in [0, 0.05) is 35.8 Å². The van der Waals surface area contributed by atoms with Crippen molar-refractivity contribution in [1.82, 2.24) is 19.4 Å². The zero-order valence-corrected chi connectivity index (χ0v) is 29.5. The van der Waals surface area contributed by atoms with E-state index in [4.69, 9.17) is 29.8 Å². The Labute approximate surface area is 277 Å². The molecule has 0 unspecified atom stereocenters. The van der Waals surface area contributed by atoms with Crippen LogP contribution in [0.3, 0.4) is 0 Å². The number of hydrogen-bond donors (Lipinski definition) is 2. The highest BCUT2D eigenvalue weighted by Crippen LogP contribution is 2.43. The molecule has 0 atom stereocenters. The lowest BCUT2D eigenvalue weighted by Crippen LogP contribution is -2.37. The molecule has 2 N–H and O–H groups in total. The molecule has 1 saturated heterocycles. The minimum absolute atomic E-state index is 0.0539. The standard InChI is InChI=1S/C30H42N6O4.C5H10O2/c1-7-21(8-2)40-26-17-22(19-9-10-19)28-33-35(29(31)36(28)32-26)18-25(37)20-15-23(30(3,4)5)27(38-6)24(16-20)34-11-13-39-14-12-34;1-5(2,3)4(6)7/h15-17,19,21,31H,7-14,18H2,1-6H3;1-3H3,(H,6,7). The van der Waals surface area contributed by atoms with Crippen molar-refractivity contribution in [2.75, 3.05) is 38.3 Å². The first-order valence-corrected chi connectivity index (χ1v) is 16.6. The number of carboxylic acid groups (broad SMARTS) is 1. The third-order valence-corrected chi connectivity index (χ3v) is 8.50. The van der Waals surface area contributed by atoms with E-state index in [2.05, 4.69) is 44.6 Å². The predicted octanol–water partition coefficient (Wildman–Crippen LogP) is 5.60. The highest BCUT2D eigenvalue weighted by molar-refractivity contribution is 5.98. The Morgan fingerprint density at radius 3 is 2.17 bits per heavy atom. The summed E-state index contributed by atoms with van der Waals surface area (Å²) in [7, 11) is 1.68. The highest BCUT2D eigenvalue weighted by atomic mass is 16.5. The second kappa shape index (κ2) is 14.5. The van der Waals surface area contributed by atoms with E-state index in [0.717, 1.165) is 61.3 Å². The number of carbonyl (C=O) groups is 2. The van der Waals surface area contributed by atoms with Crippen molar-refractivity contribution in [3.8, 4) is 11.6 Å². The summed E-state index contributed by atoms with van der Waals surface area (Å²) in [5.41, 5.74) is 3.32. The van der Waals surface area contributed by atoms with Gasteiger partial charge in [-0.2, -0.15) is 4.52 Å². The summed E-state index contributed by atoms with van der Waals surface area (Å²) in [6.07, 6.45) is 3.98. The Bertz CT molecular complexity index is 1630. The number of nitrogens with one attached hydrogen (secondary N) is 1. The number of carboxylic acids is 1. The number of nitrogens with zero attached hydrogens (tertiary/aromatic N) is 5. The Morgan fingerprint density at radius 1 is 1.04 bits per heavy atom. The van der Waals surface area contributed by atoms with Crippen molar-refractivity contribution < 1.29 is 28.9 Å². The number of fused-ring (bicyclic) bond motifs is 1. The maximum Gasteiger partial charge on any atom is 0.308 e. The minimum atomic E-state index is -0.757. The Balaban J connectivity index is 0.000000644. The third kappa shape index (κ3) is 8.51. The fraction of sp³-hybridized carbons (Fsp3) is 0.629. The van der Waals surface area contributed by atoms with Gasteiger partial charge in [0.2, 0.25) is 11.5 Å². The number of aromatic nitrogens is 4. The zero-order valence-electron chi connectivity index (χ0n) is 29.5. The normalized spacial score (nSPS) is 15.4. The molecule has 12 heteroatoms. The first-order chi connectivity index (χ1) is 22.1. The molecule has 0 radical (unpaired) electrons. The number of rotatable bonds is 10. The van der Waals surface area contributed by atoms with Crippen LogP contribution in [0.4, 0.5) is 5.69 Å². The molecule has 258 valence electrons. The van der Waals surface area contributed by atoms with Gasteiger partial charge in [0.15, 0.2) is 11.4 Å². The quantitative estimate of drug-likeness (QED) is 0.268. The topological polar surface area (TPSA) is 144 Å². The van der Waals surface area contributed by atoms with Crippen molar-refractivity contribution in [2.24, 2.45) is 5.41 Å². The van der Waals surface area contributed by atoms with E-state index >= 15 is 0 Å². The monoisotopic (exact) mass is 652 g/mol. The maximum absolute atomic E-state index is 13.8. The van der Waals surface area contributed by atoms with E-state index in [1.54, 1.807) is 27.9 Å². The van der Waals surface area contributed by atoms with Gasteiger partial charge in [0.25, 0.3) is 0 Å². The molecule has 3 aromatic rings. The lowest BCUT2D eigenvalue weighted by atomic mass is 9.84. The number of aliphatic carboxylic acids is 1. The van der Waals surface area contributed by atoms with Crippen LogP contribution < -0.4 is 20.0 Å². The van der Waals surface area contributed by atoms with Crippen molar-refractivity contribution in [1.29, 1.82) is 5.41 Å². The molecule has 0 bridgehead atoms. The molecule has 5 rings (SSSR count). The molecule has 0 amide bonds. The second-order valence-electron chi connectivity index (χ2n) is 14.4. The van der Waals surface area contributed by atoms with Gasteiger partial charge in [0.05, 0.1) is 37.5 Å². The molecular weight excluding hydrogens is 600 g/mol. The lowest BCUT2D eigenvalue weighted by Gasteiger charge is -2.33. The van der Waals surface area contributed by atoms with Gasteiger partial charge < -0.3 is 24.2 Å². The highest BCUT2D eigenvalue weighted by Gasteiger charge is 2.30. The second-order valence-corrected chi connectivity index (χ2v) is 14.4. The molecule has 1 saturated carbocycles. The molecular formula is C35H52N6O6. The predicted molar refractivity (Wildman–Crippen MR) is 180 cm³/mol. The third-order valence-electron chi connectivity index (χ3n) is 8.50. The molecule has 47 heavy (non-hydrogen) atoms. The van der Waals surface area contributed by atoms with Crippen LogP contribution >= 0.6 is 0 Å². The molecule has 2 aliphatic rings. The van der Waals surface area contributed by atoms with Crippen LogP contribution in [-0.4, -0.2) is 75.8 Å². The summed E-state index contributed by atoms with van der Waals surface area (Å²) in [4.78, 5) is 26.0. The van der Waals surface area contributed by atoms with E-state index in [0.29, 0.717) is 36.2 Å².